The fourth-order valence-electron chi connectivity index (χ4n) is 3.09. The molecule has 0 amide bonds. The first kappa shape index (κ1) is 13.7. The van der Waals surface area contributed by atoms with Crippen LogP contribution in [0.25, 0.3) is 11.0 Å². The van der Waals surface area contributed by atoms with E-state index in [1.54, 1.807) is 0 Å². The summed E-state index contributed by atoms with van der Waals surface area (Å²) in [5.74, 6) is 3.01. The van der Waals surface area contributed by atoms with Crippen LogP contribution in [0, 0.1) is 5.92 Å². The molecule has 1 atom stereocenters. The molecule has 0 spiro atoms. The average Bonchev–Trinajstić information content (AvgIpc) is 2.76. The summed E-state index contributed by atoms with van der Waals surface area (Å²) in [6.07, 6.45) is 3.98. The van der Waals surface area contributed by atoms with Gasteiger partial charge in [0, 0.05) is 6.04 Å². The number of para-hydroxylation sites is 1. The van der Waals surface area contributed by atoms with Crippen LogP contribution in [-0.2, 0) is 5.88 Å². The Morgan fingerprint density at radius 2 is 2.25 bits per heavy atom. The van der Waals surface area contributed by atoms with Crippen molar-refractivity contribution in [2.24, 2.45) is 5.92 Å². The normalized spacial score (nSPS) is 17.1. The van der Waals surface area contributed by atoms with Crippen LogP contribution in [0.5, 0.6) is 5.75 Å². The molecule has 108 valence electrons. The monoisotopic (exact) mass is 292 g/mol. The van der Waals surface area contributed by atoms with Crippen molar-refractivity contribution in [3.05, 3.63) is 24.0 Å². The van der Waals surface area contributed by atoms with Crippen LogP contribution in [0.1, 0.15) is 45.0 Å². The smallest absolute Gasteiger partial charge is 0.147 e. The van der Waals surface area contributed by atoms with Gasteiger partial charge in [-0.3, -0.25) is 0 Å². The second-order valence-electron chi connectivity index (χ2n) is 5.52. The van der Waals surface area contributed by atoms with E-state index in [2.05, 4.69) is 17.6 Å². The maximum absolute atomic E-state index is 6.12. The van der Waals surface area contributed by atoms with Crippen LogP contribution < -0.4 is 4.74 Å². The molecule has 0 N–H and O–H groups in total. The Labute approximate surface area is 124 Å². The predicted molar refractivity (Wildman–Crippen MR) is 82.5 cm³/mol. The van der Waals surface area contributed by atoms with Gasteiger partial charge in [-0.15, -0.1) is 11.6 Å². The molecule has 1 aromatic carbocycles. The average molecular weight is 293 g/mol. The van der Waals surface area contributed by atoms with Crippen LogP contribution >= 0.6 is 11.6 Å². The molecule has 4 heteroatoms. The van der Waals surface area contributed by atoms with E-state index in [1.165, 1.54) is 19.3 Å². The summed E-state index contributed by atoms with van der Waals surface area (Å²) in [4.78, 5) is 4.72. The summed E-state index contributed by atoms with van der Waals surface area (Å²) >= 11 is 6.12. The number of halogens is 1. The van der Waals surface area contributed by atoms with Gasteiger partial charge in [0.25, 0.3) is 0 Å². The van der Waals surface area contributed by atoms with Crippen molar-refractivity contribution in [2.75, 3.05) is 6.61 Å². The van der Waals surface area contributed by atoms with Crippen molar-refractivity contribution in [2.45, 2.75) is 45.0 Å². The van der Waals surface area contributed by atoms with Crippen LogP contribution in [-0.4, -0.2) is 16.2 Å². The van der Waals surface area contributed by atoms with Crippen molar-refractivity contribution >= 4 is 22.6 Å². The van der Waals surface area contributed by atoms with Gasteiger partial charge in [-0.1, -0.05) is 12.5 Å². The number of ether oxygens (including phenoxy) is 1. The van der Waals surface area contributed by atoms with E-state index in [9.17, 15) is 0 Å². The molecule has 1 saturated carbocycles. The van der Waals surface area contributed by atoms with Crippen molar-refractivity contribution in [1.82, 2.24) is 9.55 Å². The highest BCUT2D eigenvalue weighted by atomic mass is 35.5. The number of nitrogens with zero attached hydrogens (tertiary/aromatic N) is 2. The van der Waals surface area contributed by atoms with Gasteiger partial charge in [0.15, 0.2) is 0 Å². The van der Waals surface area contributed by atoms with E-state index in [1.807, 2.05) is 19.1 Å². The number of hydrogen-bond acceptors (Lipinski definition) is 2. The Morgan fingerprint density at radius 1 is 1.45 bits per heavy atom. The van der Waals surface area contributed by atoms with Crippen LogP contribution in [0.15, 0.2) is 18.2 Å². The zero-order valence-electron chi connectivity index (χ0n) is 12.1. The van der Waals surface area contributed by atoms with Gasteiger partial charge < -0.3 is 9.30 Å². The molecule has 1 fully saturated rings. The van der Waals surface area contributed by atoms with Gasteiger partial charge >= 0.3 is 0 Å². The van der Waals surface area contributed by atoms with Crippen molar-refractivity contribution in [3.8, 4) is 5.75 Å². The summed E-state index contributed by atoms with van der Waals surface area (Å²) in [6.45, 7) is 4.93. The first-order valence-corrected chi connectivity index (χ1v) is 7.98. The second-order valence-corrected chi connectivity index (χ2v) is 5.79. The third-order valence-electron chi connectivity index (χ3n) is 4.41. The molecule has 3 rings (SSSR count). The highest BCUT2D eigenvalue weighted by Gasteiger charge is 2.28. The standard InChI is InChI=1S/C16H21ClN2O/c1-3-20-14-9-5-8-13-16(14)18-15(10-17)19(13)11(2)12-6-4-7-12/h5,8-9,11-12H,3-4,6-7,10H2,1-2H3. The number of alkyl halides is 1. The molecule has 20 heavy (non-hydrogen) atoms. The number of imidazole rings is 1. The van der Waals surface area contributed by atoms with Gasteiger partial charge in [0.1, 0.15) is 17.1 Å². The Morgan fingerprint density at radius 3 is 2.85 bits per heavy atom. The third kappa shape index (κ3) is 2.18. The van der Waals surface area contributed by atoms with Gasteiger partial charge in [0.05, 0.1) is 18.0 Å². The van der Waals surface area contributed by atoms with Gasteiger partial charge in [-0.25, -0.2) is 4.98 Å². The molecule has 1 unspecified atom stereocenters. The number of benzene rings is 1. The lowest BCUT2D eigenvalue weighted by Gasteiger charge is -2.33. The zero-order chi connectivity index (χ0) is 14.1. The lowest BCUT2D eigenvalue weighted by atomic mass is 9.80. The largest absolute Gasteiger partial charge is 0.492 e. The van der Waals surface area contributed by atoms with Gasteiger partial charge in [-0.05, 0) is 44.7 Å². The van der Waals surface area contributed by atoms with E-state index in [-0.39, 0.29) is 0 Å². The Bertz CT molecular complexity index is 604. The lowest BCUT2D eigenvalue weighted by Crippen LogP contribution is -2.23. The fourth-order valence-corrected chi connectivity index (χ4v) is 3.28. The topological polar surface area (TPSA) is 27.1 Å². The molecule has 2 aromatic rings. The van der Waals surface area contributed by atoms with Gasteiger partial charge in [-0.2, -0.15) is 0 Å². The molecule has 1 aliphatic carbocycles. The molecular weight excluding hydrogens is 272 g/mol. The maximum Gasteiger partial charge on any atom is 0.147 e. The van der Waals surface area contributed by atoms with Crippen molar-refractivity contribution < 1.29 is 4.74 Å². The fraction of sp³-hybridized carbons (Fsp3) is 0.562. The van der Waals surface area contributed by atoms with Gasteiger partial charge in [0.2, 0.25) is 0 Å². The minimum Gasteiger partial charge on any atom is -0.492 e. The summed E-state index contributed by atoms with van der Waals surface area (Å²) in [7, 11) is 0. The van der Waals surface area contributed by atoms with E-state index >= 15 is 0 Å². The Kier molecular flexibility index (Phi) is 3.88. The number of aromatic nitrogens is 2. The molecule has 3 nitrogen and oxygen atoms in total. The van der Waals surface area contributed by atoms with E-state index in [0.29, 0.717) is 18.5 Å². The van der Waals surface area contributed by atoms with Crippen molar-refractivity contribution in [1.29, 1.82) is 0 Å². The minimum absolute atomic E-state index is 0.442. The summed E-state index contributed by atoms with van der Waals surface area (Å²) in [5.41, 5.74) is 2.09. The maximum atomic E-state index is 6.12. The van der Waals surface area contributed by atoms with E-state index in [0.717, 1.165) is 28.5 Å². The van der Waals surface area contributed by atoms with Crippen LogP contribution in [0.2, 0.25) is 0 Å². The van der Waals surface area contributed by atoms with Crippen LogP contribution in [0.3, 0.4) is 0 Å². The molecular formula is C16H21ClN2O. The van der Waals surface area contributed by atoms with Crippen molar-refractivity contribution in [3.63, 3.8) is 0 Å². The molecule has 0 radical (unpaired) electrons. The summed E-state index contributed by atoms with van der Waals surface area (Å²) < 4.78 is 8.01. The Balaban J connectivity index is 2.11. The molecule has 0 saturated heterocycles. The third-order valence-corrected chi connectivity index (χ3v) is 4.65. The van der Waals surface area contributed by atoms with Crippen LogP contribution in [0.4, 0.5) is 0 Å². The zero-order valence-corrected chi connectivity index (χ0v) is 12.9. The predicted octanol–water partition coefficient (Wildman–Crippen LogP) is 4.53. The summed E-state index contributed by atoms with van der Waals surface area (Å²) in [6, 6.07) is 6.60. The molecule has 0 aliphatic heterocycles. The quantitative estimate of drug-likeness (QED) is 0.757. The Hall–Kier alpha value is -1.22. The number of fused-ring (bicyclic) bond motifs is 1. The molecule has 1 heterocycles. The highest BCUT2D eigenvalue weighted by Crippen LogP contribution is 2.39. The molecule has 1 aliphatic rings. The highest BCUT2D eigenvalue weighted by molar-refractivity contribution is 6.16. The summed E-state index contributed by atoms with van der Waals surface area (Å²) in [5, 5.41) is 0. The number of rotatable bonds is 5. The SMILES string of the molecule is CCOc1cccc2c1nc(CCl)n2C(C)C1CCC1. The first-order chi connectivity index (χ1) is 9.76. The van der Waals surface area contributed by atoms with E-state index < -0.39 is 0 Å². The molecule has 1 aromatic heterocycles. The van der Waals surface area contributed by atoms with E-state index in [4.69, 9.17) is 21.3 Å². The minimum atomic E-state index is 0.442. The lowest BCUT2D eigenvalue weighted by molar-refractivity contribution is 0.223. The first-order valence-electron chi connectivity index (χ1n) is 7.44. The second kappa shape index (κ2) is 5.65. The number of hydrogen-bond donors (Lipinski definition) is 0. The molecule has 0 bridgehead atoms.